The van der Waals surface area contributed by atoms with Gasteiger partial charge in [0.2, 0.25) is 19.9 Å². The number of benzene rings is 1. The predicted molar refractivity (Wildman–Crippen MR) is 81.4 cm³/mol. The van der Waals surface area contributed by atoms with Crippen LogP contribution >= 0.6 is 0 Å². The van der Waals surface area contributed by atoms with Crippen LogP contribution in [0.2, 0.25) is 0 Å². The number of sulfone groups is 1. The summed E-state index contributed by atoms with van der Waals surface area (Å²) in [5.74, 6) is -3.32. The molecule has 1 N–H and O–H groups in total. The van der Waals surface area contributed by atoms with Gasteiger partial charge in [-0.1, -0.05) is 19.8 Å². The van der Waals surface area contributed by atoms with E-state index < -0.39 is 30.5 Å². The van der Waals surface area contributed by atoms with E-state index in [2.05, 4.69) is 4.72 Å². The van der Waals surface area contributed by atoms with E-state index in [4.69, 9.17) is 0 Å². The number of sulfonamides is 1. The lowest BCUT2D eigenvalue weighted by Gasteiger charge is -2.29. The van der Waals surface area contributed by atoms with E-state index in [0.717, 1.165) is 49.9 Å². The van der Waals surface area contributed by atoms with Crippen LogP contribution in [0.3, 0.4) is 0 Å². The first-order chi connectivity index (χ1) is 10.6. The van der Waals surface area contributed by atoms with E-state index >= 15 is 0 Å². The zero-order valence-electron chi connectivity index (χ0n) is 12.6. The Morgan fingerprint density at radius 2 is 1.52 bits per heavy atom. The molecule has 1 aromatic carbocycles. The Kier molecular flexibility index (Phi) is 5.42. The second-order valence-corrected chi connectivity index (χ2v) is 9.40. The summed E-state index contributed by atoms with van der Waals surface area (Å²) in [6, 6.07) is 3.68. The highest BCUT2D eigenvalue weighted by Crippen LogP contribution is 2.26. The summed E-state index contributed by atoms with van der Waals surface area (Å²) < 4.78 is 74.9. The molecular formula is C14H19F2NO4S2. The molecular weight excluding hydrogens is 348 g/mol. The fraction of sp³-hybridized carbons (Fsp3) is 0.571. The lowest BCUT2D eigenvalue weighted by atomic mass is 9.87. The van der Waals surface area contributed by atoms with Gasteiger partial charge in [0.05, 0.1) is 9.79 Å². The van der Waals surface area contributed by atoms with Gasteiger partial charge < -0.3 is 0 Å². The molecule has 0 unspecified atom stereocenters. The molecule has 0 saturated heterocycles. The van der Waals surface area contributed by atoms with E-state index in [9.17, 15) is 25.6 Å². The quantitative estimate of drug-likeness (QED) is 0.867. The zero-order chi connectivity index (χ0) is 17.3. The molecule has 0 bridgehead atoms. The maximum absolute atomic E-state index is 12.5. The molecule has 5 nitrogen and oxygen atoms in total. The smallest absolute Gasteiger partial charge is 0.218 e. The summed E-state index contributed by atoms with van der Waals surface area (Å²) in [5, 5.41) is 0. The first-order valence-corrected chi connectivity index (χ1v) is 10.3. The summed E-state index contributed by atoms with van der Waals surface area (Å²) in [4.78, 5) is -0.735. The second kappa shape index (κ2) is 6.82. The molecule has 2 rings (SSSR count). The molecule has 1 aromatic rings. The maximum atomic E-state index is 12.5. The van der Waals surface area contributed by atoms with Gasteiger partial charge in [0.25, 0.3) is 0 Å². The van der Waals surface area contributed by atoms with Crippen molar-refractivity contribution >= 4 is 19.9 Å². The highest BCUT2D eigenvalue weighted by Gasteiger charge is 2.29. The number of hydrogen-bond donors (Lipinski definition) is 1. The third-order valence-corrected chi connectivity index (χ3v) is 7.02. The van der Waals surface area contributed by atoms with E-state index in [-0.39, 0.29) is 16.9 Å². The van der Waals surface area contributed by atoms with Crippen molar-refractivity contribution in [2.75, 3.05) is 0 Å². The first-order valence-electron chi connectivity index (χ1n) is 7.29. The Morgan fingerprint density at radius 3 is 2.04 bits per heavy atom. The summed E-state index contributed by atoms with van der Waals surface area (Å²) >= 11 is 0. The molecule has 2 atom stereocenters. The van der Waals surface area contributed by atoms with Crippen LogP contribution in [0.15, 0.2) is 34.1 Å². The van der Waals surface area contributed by atoms with Crippen LogP contribution in [-0.4, -0.2) is 28.6 Å². The fourth-order valence-electron chi connectivity index (χ4n) is 2.67. The third-order valence-electron chi connectivity index (χ3n) is 4.12. The Balaban J connectivity index is 2.21. The van der Waals surface area contributed by atoms with Crippen molar-refractivity contribution in [3.63, 3.8) is 0 Å². The average Bonchev–Trinajstić information content (AvgIpc) is 2.49. The third kappa shape index (κ3) is 4.07. The molecule has 1 saturated carbocycles. The molecule has 0 radical (unpaired) electrons. The summed E-state index contributed by atoms with van der Waals surface area (Å²) in [7, 11) is -8.53. The largest absolute Gasteiger partial charge is 0.341 e. The molecule has 1 fully saturated rings. The monoisotopic (exact) mass is 367 g/mol. The highest BCUT2D eigenvalue weighted by molar-refractivity contribution is 7.91. The van der Waals surface area contributed by atoms with Gasteiger partial charge >= 0.3 is 5.76 Å². The van der Waals surface area contributed by atoms with Crippen molar-refractivity contribution in [1.29, 1.82) is 0 Å². The minimum atomic E-state index is -4.72. The van der Waals surface area contributed by atoms with Gasteiger partial charge in [-0.05, 0) is 43.0 Å². The minimum absolute atomic E-state index is 0.136. The Bertz CT molecular complexity index is 745. The summed E-state index contributed by atoms with van der Waals surface area (Å²) in [5.41, 5.74) is 0. The number of hydrogen-bond acceptors (Lipinski definition) is 4. The average molecular weight is 367 g/mol. The summed E-state index contributed by atoms with van der Waals surface area (Å²) in [6.45, 7) is 1.98. The molecule has 130 valence electrons. The van der Waals surface area contributed by atoms with Crippen molar-refractivity contribution in [1.82, 2.24) is 4.72 Å². The fourth-order valence-corrected chi connectivity index (χ4v) is 4.77. The van der Waals surface area contributed by atoms with Crippen LogP contribution in [0.1, 0.15) is 32.6 Å². The molecule has 1 aliphatic carbocycles. The maximum Gasteiger partial charge on any atom is 0.341 e. The van der Waals surface area contributed by atoms with Gasteiger partial charge in [0, 0.05) is 6.04 Å². The zero-order valence-corrected chi connectivity index (χ0v) is 14.2. The second-order valence-electron chi connectivity index (χ2n) is 5.77. The van der Waals surface area contributed by atoms with Crippen LogP contribution in [0, 0.1) is 5.92 Å². The topological polar surface area (TPSA) is 80.3 Å². The van der Waals surface area contributed by atoms with Gasteiger partial charge in [-0.3, -0.25) is 0 Å². The predicted octanol–water partition coefficient (Wildman–Crippen LogP) is 2.54. The van der Waals surface area contributed by atoms with Crippen LogP contribution in [0.25, 0.3) is 0 Å². The van der Waals surface area contributed by atoms with Crippen molar-refractivity contribution in [3.8, 4) is 0 Å². The van der Waals surface area contributed by atoms with Crippen molar-refractivity contribution in [3.05, 3.63) is 24.3 Å². The highest BCUT2D eigenvalue weighted by atomic mass is 32.2. The summed E-state index contributed by atoms with van der Waals surface area (Å²) in [6.07, 6.45) is 3.71. The van der Waals surface area contributed by atoms with Gasteiger partial charge in [-0.2, -0.15) is 8.78 Å². The Hall–Kier alpha value is -1.06. The van der Waals surface area contributed by atoms with Gasteiger partial charge in [0.15, 0.2) is 0 Å². The lowest BCUT2D eigenvalue weighted by molar-refractivity contribution is 0.234. The Labute approximate surface area is 135 Å². The normalized spacial score (nSPS) is 23.1. The van der Waals surface area contributed by atoms with Gasteiger partial charge in [-0.15, -0.1) is 0 Å². The van der Waals surface area contributed by atoms with E-state index in [0.29, 0.717) is 0 Å². The minimum Gasteiger partial charge on any atom is -0.218 e. The number of alkyl halides is 2. The van der Waals surface area contributed by atoms with Gasteiger partial charge in [0.1, 0.15) is 0 Å². The van der Waals surface area contributed by atoms with Crippen LogP contribution < -0.4 is 4.72 Å². The molecule has 0 aliphatic heterocycles. The van der Waals surface area contributed by atoms with Gasteiger partial charge in [-0.25, -0.2) is 21.6 Å². The SMILES string of the molecule is C[C@H]1CCCC[C@@H]1NS(=O)(=O)c1ccc(S(=O)(=O)C(F)F)cc1. The van der Waals surface area contributed by atoms with Crippen LogP contribution in [-0.2, 0) is 19.9 Å². The first kappa shape index (κ1) is 18.3. The van der Waals surface area contributed by atoms with Crippen LogP contribution in [0.4, 0.5) is 8.78 Å². The van der Waals surface area contributed by atoms with Crippen molar-refractivity contribution in [2.45, 2.75) is 54.2 Å². The van der Waals surface area contributed by atoms with E-state index in [1.807, 2.05) is 6.92 Å². The number of halogens is 2. The van der Waals surface area contributed by atoms with E-state index in [1.54, 1.807) is 0 Å². The Morgan fingerprint density at radius 1 is 1.00 bits per heavy atom. The molecule has 0 amide bonds. The molecule has 0 spiro atoms. The molecule has 9 heteroatoms. The standard InChI is InChI=1S/C14H19F2NO4S2/c1-10-4-2-3-5-13(10)17-23(20,21)12-8-6-11(7-9-12)22(18,19)14(15)16/h6-10,13-14,17H,2-5H2,1H3/t10-,13-/m0/s1. The molecule has 0 aromatic heterocycles. The lowest BCUT2D eigenvalue weighted by Crippen LogP contribution is -2.40. The van der Waals surface area contributed by atoms with Crippen molar-refractivity contribution in [2.24, 2.45) is 5.92 Å². The number of rotatable bonds is 5. The molecule has 0 heterocycles. The van der Waals surface area contributed by atoms with Crippen molar-refractivity contribution < 1.29 is 25.6 Å². The van der Waals surface area contributed by atoms with E-state index in [1.165, 1.54) is 0 Å². The van der Waals surface area contributed by atoms with Crippen LogP contribution in [0.5, 0.6) is 0 Å². The molecule has 23 heavy (non-hydrogen) atoms. The molecule has 1 aliphatic rings. The number of nitrogens with one attached hydrogen (secondary N) is 1.